The Labute approximate surface area is 182 Å². The van der Waals surface area contributed by atoms with Crippen LogP contribution in [0.2, 0.25) is 5.02 Å². The largest absolute Gasteiger partial charge is 0.503 e. The highest BCUT2D eigenvalue weighted by Gasteiger charge is 2.53. The Morgan fingerprint density at radius 2 is 2.16 bits per heavy atom. The molecule has 0 unspecified atom stereocenters. The minimum Gasteiger partial charge on any atom is -0.503 e. The van der Waals surface area contributed by atoms with Gasteiger partial charge in [0.05, 0.1) is 10.6 Å². The molecule has 1 aromatic carbocycles. The summed E-state index contributed by atoms with van der Waals surface area (Å²) in [7, 11) is 0. The van der Waals surface area contributed by atoms with Gasteiger partial charge in [0, 0.05) is 31.4 Å². The second-order valence-corrected chi connectivity index (χ2v) is 9.10. The summed E-state index contributed by atoms with van der Waals surface area (Å²) in [5.74, 6) is -2.06. The lowest BCUT2D eigenvalue weighted by molar-refractivity contribution is 0.0419. The SMILES string of the molecule is O=C(NCc1cccc(Cl)c1F)c1cn2c(c(O)c1=O)C(=O)N1C[C@H]3CCC[C@@]1(C3)C2. The Kier molecular flexibility index (Phi) is 4.58. The van der Waals surface area contributed by atoms with E-state index in [9.17, 15) is 23.9 Å². The number of nitrogens with zero attached hydrogens (tertiary/aromatic N) is 2. The lowest BCUT2D eigenvalue weighted by atomic mass is 9.79. The fraction of sp³-hybridized carbons (Fsp3) is 0.409. The quantitative estimate of drug-likeness (QED) is 0.759. The number of benzene rings is 1. The van der Waals surface area contributed by atoms with Crippen molar-refractivity contribution >= 4 is 23.4 Å². The van der Waals surface area contributed by atoms with Gasteiger partial charge < -0.3 is 19.9 Å². The van der Waals surface area contributed by atoms with Crippen LogP contribution in [0.3, 0.4) is 0 Å². The maximum atomic E-state index is 14.1. The summed E-state index contributed by atoms with van der Waals surface area (Å²) in [5, 5.41) is 13.0. The first-order chi connectivity index (χ1) is 14.8. The third-order valence-corrected chi connectivity index (χ3v) is 7.11. The van der Waals surface area contributed by atoms with Crippen molar-refractivity contribution in [3.05, 3.63) is 62.3 Å². The van der Waals surface area contributed by atoms with Crippen molar-refractivity contribution in [3.8, 4) is 5.75 Å². The molecule has 2 bridgehead atoms. The van der Waals surface area contributed by atoms with Gasteiger partial charge >= 0.3 is 0 Å². The number of amides is 2. The van der Waals surface area contributed by atoms with E-state index in [0.717, 1.165) is 25.7 Å². The second kappa shape index (κ2) is 7.09. The van der Waals surface area contributed by atoms with E-state index in [4.69, 9.17) is 11.6 Å². The topological polar surface area (TPSA) is 91.6 Å². The first-order valence-corrected chi connectivity index (χ1v) is 10.7. The van der Waals surface area contributed by atoms with E-state index in [2.05, 4.69) is 5.32 Å². The summed E-state index contributed by atoms with van der Waals surface area (Å²) in [6, 6.07) is 4.43. The Balaban J connectivity index is 1.47. The van der Waals surface area contributed by atoms with Gasteiger partial charge in [0.2, 0.25) is 5.43 Å². The van der Waals surface area contributed by atoms with Gasteiger partial charge in [-0.2, -0.15) is 0 Å². The van der Waals surface area contributed by atoms with E-state index >= 15 is 0 Å². The van der Waals surface area contributed by atoms with Crippen LogP contribution in [-0.2, 0) is 13.1 Å². The molecule has 3 aliphatic rings. The van der Waals surface area contributed by atoms with Crippen LogP contribution in [0.25, 0.3) is 0 Å². The van der Waals surface area contributed by atoms with Crippen LogP contribution in [0.5, 0.6) is 5.75 Å². The molecule has 2 N–H and O–H groups in total. The minimum absolute atomic E-state index is 0.0667. The maximum Gasteiger partial charge on any atom is 0.275 e. The van der Waals surface area contributed by atoms with Gasteiger partial charge in [-0.3, -0.25) is 14.4 Å². The molecule has 1 saturated heterocycles. The molecule has 5 rings (SSSR count). The van der Waals surface area contributed by atoms with Gasteiger partial charge in [-0.1, -0.05) is 30.2 Å². The molecule has 31 heavy (non-hydrogen) atoms. The van der Waals surface area contributed by atoms with Crippen LogP contribution in [-0.4, -0.2) is 38.5 Å². The molecule has 1 saturated carbocycles. The number of halogens is 2. The molecule has 2 aromatic rings. The number of aromatic nitrogens is 1. The van der Waals surface area contributed by atoms with Gasteiger partial charge in [0.15, 0.2) is 11.4 Å². The van der Waals surface area contributed by atoms with Crippen molar-refractivity contribution in [1.29, 1.82) is 0 Å². The molecule has 3 heterocycles. The lowest BCUT2D eigenvalue weighted by Gasteiger charge is -2.44. The van der Waals surface area contributed by atoms with Crippen LogP contribution >= 0.6 is 11.6 Å². The molecule has 2 fully saturated rings. The number of pyridine rings is 1. The number of fused-ring (bicyclic) bond motifs is 2. The number of carbonyl (C=O) groups is 2. The summed E-state index contributed by atoms with van der Waals surface area (Å²) >= 11 is 5.76. The molecular weight excluding hydrogens is 425 g/mol. The summed E-state index contributed by atoms with van der Waals surface area (Å²) in [6.45, 7) is 0.896. The Morgan fingerprint density at radius 1 is 1.35 bits per heavy atom. The lowest BCUT2D eigenvalue weighted by Crippen LogP contribution is -2.55. The fourth-order valence-electron chi connectivity index (χ4n) is 5.40. The predicted molar refractivity (Wildman–Crippen MR) is 111 cm³/mol. The third-order valence-electron chi connectivity index (χ3n) is 6.82. The van der Waals surface area contributed by atoms with E-state index in [-0.39, 0.29) is 39.8 Å². The molecule has 2 atom stereocenters. The first kappa shape index (κ1) is 20.1. The van der Waals surface area contributed by atoms with E-state index in [1.807, 2.05) is 0 Å². The van der Waals surface area contributed by atoms with Gasteiger partial charge in [-0.25, -0.2) is 4.39 Å². The van der Waals surface area contributed by atoms with Crippen molar-refractivity contribution in [2.24, 2.45) is 5.92 Å². The fourth-order valence-corrected chi connectivity index (χ4v) is 5.60. The zero-order chi connectivity index (χ0) is 21.9. The van der Waals surface area contributed by atoms with Crippen LogP contribution in [0, 0.1) is 11.7 Å². The molecule has 1 aliphatic carbocycles. The van der Waals surface area contributed by atoms with Crippen LogP contribution in [0.15, 0.2) is 29.2 Å². The highest BCUT2D eigenvalue weighted by molar-refractivity contribution is 6.30. The number of hydrogen-bond acceptors (Lipinski definition) is 4. The highest BCUT2D eigenvalue weighted by Crippen LogP contribution is 2.48. The van der Waals surface area contributed by atoms with E-state index in [1.165, 1.54) is 22.9 Å². The molecule has 9 heteroatoms. The Morgan fingerprint density at radius 3 is 2.97 bits per heavy atom. The number of rotatable bonds is 3. The summed E-state index contributed by atoms with van der Waals surface area (Å²) in [6.07, 6.45) is 5.18. The number of carbonyl (C=O) groups excluding carboxylic acids is 2. The third kappa shape index (κ3) is 3.04. The molecular formula is C22H21ClFN3O4. The van der Waals surface area contributed by atoms with Gasteiger partial charge in [0.1, 0.15) is 11.4 Å². The Bertz CT molecular complexity index is 1180. The minimum atomic E-state index is -0.915. The zero-order valence-corrected chi connectivity index (χ0v) is 17.4. The van der Waals surface area contributed by atoms with E-state index in [1.54, 1.807) is 11.0 Å². The number of nitrogens with one attached hydrogen (secondary N) is 1. The van der Waals surface area contributed by atoms with Gasteiger partial charge in [-0.05, 0) is 31.2 Å². The average Bonchev–Trinajstić information content (AvgIpc) is 3.01. The normalized spacial score (nSPS) is 24.0. The molecule has 2 amide bonds. The first-order valence-electron chi connectivity index (χ1n) is 10.3. The average molecular weight is 446 g/mol. The molecule has 162 valence electrons. The Hall–Kier alpha value is -2.87. The summed E-state index contributed by atoms with van der Waals surface area (Å²) < 4.78 is 15.6. The van der Waals surface area contributed by atoms with Gasteiger partial charge in [-0.15, -0.1) is 0 Å². The number of aromatic hydroxyl groups is 1. The second-order valence-electron chi connectivity index (χ2n) is 8.70. The molecule has 1 aromatic heterocycles. The molecule has 0 radical (unpaired) electrons. The van der Waals surface area contributed by atoms with Crippen molar-refractivity contribution < 1.29 is 19.1 Å². The zero-order valence-electron chi connectivity index (χ0n) is 16.7. The smallest absolute Gasteiger partial charge is 0.275 e. The maximum absolute atomic E-state index is 14.1. The van der Waals surface area contributed by atoms with E-state index in [0.29, 0.717) is 19.0 Å². The standard InChI is InChI=1S/C22H21ClFN3O4/c23-15-5-1-4-13(16(15)24)8-25-20(30)14-10-26-11-22-6-2-3-12(7-22)9-27(22)21(31)17(26)19(29)18(14)28/h1,4-5,10,12,29H,2-3,6-9,11H2,(H,25,30)/t12-,22+/m0/s1. The van der Waals surface area contributed by atoms with Crippen molar-refractivity contribution in [3.63, 3.8) is 0 Å². The molecule has 2 aliphatic heterocycles. The van der Waals surface area contributed by atoms with Crippen molar-refractivity contribution in [1.82, 2.24) is 14.8 Å². The monoisotopic (exact) mass is 445 g/mol. The molecule has 7 nitrogen and oxygen atoms in total. The van der Waals surface area contributed by atoms with E-state index < -0.39 is 22.9 Å². The molecule has 1 spiro atoms. The van der Waals surface area contributed by atoms with Crippen LogP contribution < -0.4 is 10.7 Å². The van der Waals surface area contributed by atoms with Crippen molar-refractivity contribution in [2.75, 3.05) is 6.54 Å². The number of hydrogen-bond donors (Lipinski definition) is 2. The van der Waals surface area contributed by atoms with Gasteiger partial charge in [0.25, 0.3) is 11.8 Å². The summed E-state index contributed by atoms with van der Waals surface area (Å²) in [5.41, 5.74) is -1.42. The predicted octanol–water partition coefficient (Wildman–Crippen LogP) is 2.67. The van der Waals surface area contributed by atoms with Crippen LogP contribution in [0.4, 0.5) is 4.39 Å². The van der Waals surface area contributed by atoms with Crippen LogP contribution in [0.1, 0.15) is 52.1 Å². The highest BCUT2D eigenvalue weighted by atomic mass is 35.5. The summed E-state index contributed by atoms with van der Waals surface area (Å²) in [4.78, 5) is 40.3. The van der Waals surface area contributed by atoms with Crippen molar-refractivity contribution in [2.45, 2.75) is 44.3 Å².